The molecule has 76 valence electrons. The molecule has 1 amide bonds. The van der Waals surface area contributed by atoms with Gasteiger partial charge in [0.15, 0.2) is 0 Å². The Balaban J connectivity index is 2.11. The van der Waals surface area contributed by atoms with E-state index in [-0.39, 0.29) is 12.5 Å². The second-order valence-electron chi connectivity index (χ2n) is 3.43. The van der Waals surface area contributed by atoms with Gasteiger partial charge in [-0.1, -0.05) is 19.3 Å². The van der Waals surface area contributed by atoms with Crippen molar-refractivity contribution < 1.29 is 9.63 Å². The summed E-state index contributed by atoms with van der Waals surface area (Å²) in [6.45, 7) is 0.243. The third-order valence-corrected chi connectivity index (χ3v) is 2.35. The number of rotatable bonds is 4. The molecule has 0 atom stereocenters. The van der Waals surface area contributed by atoms with Gasteiger partial charge in [0.1, 0.15) is 0 Å². The summed E-state index contributed by atoms with van der Waals surface area (Å²) in [4.78, 5) is 15.8. The Morgan fingerprint density at radius 3 is 2.69 bits per heavy atom. The summed E-state index contributed by atoms with van der Waals surface area (Å²) < 4.78 is 0. The van der Waals surface area contributed by atoms with Crippen molar-refractivity contribution in [1.82, 2.24) is 10.8 Å². The lowest BCUT2D eigenvalue weighted by Gasteiger charge is -2.22. The van der Waals surface area contributed by atoms with Gasteiger partial charge in [-0.25, -0.2) is 0 Å². The Morgan fingerprint density at radius 2 is 2.08 bits per heavy atom. The van der Waals surface area contributed by atoms with Crippen LogP contribution in [0.4, 0.5) is 0 Å². The molecule has 4 heteroatoms. The fraction of sp³-hybridized carbons (Fsp3) is 0.889. The highest BCUT2D eigenvalue weighted by molar-refractivity contribution is 5.78. The van der Waals surface area contributed by atoms with Crippen LogP contribution in [0.5, 0.6) is 0 Å². The first-order chi connectivity index (χ1) is 6.33. The van der Waals surface area contributed by atoms with Gasteiger partial charge >= 0.3 is 0 Å². The van der Waals surface area contributed by atoms with Crippen molar-refractivity contribution in [1.29, 1.82) is 0 Å². The van der Waals surface area contributed by atoms with Crippen LogP contribution in [-0.4, -0.2) is 25.6 Å². The van der Waals surface area contributed by atoms with E-state index in [0.717, 1.165) is 12.8 Å². The van der Waals surface area contributed by atoms with Gasteiger partial charge in [-0.3, -0.25) is 4.79 Å². The maximum Gasteiger partial charge on any atom is 0.236 e. The summed E-state index contributed by atoms with van der Waals surface area (Å²) in [5.41, 5.74) is 2.53. The number of hydrogen-bond donors (Lipinski definition) is 2. The normalized spacial score (nSPS) is 18.5. The van der Waals surface area contributed by atoms with E-state index < -0.39 is 0 Å². The number of carbonyl (C=O) groups excluding carboxylic acids is 1. The smallest absolute Gasteiger partial charge is 0.236 e. The van der Waals surface area contributed by atoms with Crippen LogP contribution >= 0.6 is 0 Å². The largest absolute Gasteiger partial charge is 0.352 e. The standard InChI is InChI=1S/C9H18N2O2/c1-13-10-7-9(12)11-8-5-3-2-4-6-8/h8,10H,2-7H2,1H3,(H,11,12). The molecule has 0 bridgehead atoms. The molecule has 1 aliphatic rings. The second kappa shape index (κ2) is 5.94. The Kier molecular flexibility index (Phi) is 4.78. The molecule has 0 aromatic carbocycles. The van der Waals surface area contributed by atoms with Gasteiger partial charge in [0.2, 0.25) is 5.91 Å². The lowest BCUT2D eigenvalue weighted by Crippen LogP contribution is -2.41. The molecule has 2 N–H and O–H groups in total. The first-order valence-corrected chi connectivity index (χ1v) is 4.88. The summed E-state index contributed by atoms with van der Waals surface area (Å²) in [5.74, 6) is 0.0220. The van der Waals surface area contributed by atoms with E-state index in [0.29, 0.717) is 6.04 Å². The van der Waals surface area contributed by atoms with Crippen LogP contribution in [0.1, 0.15) is 32.1 Å². The van der Waals surface area contributed by atoms with Crippen LogP contribution in [0.25, 0.3) is 0 Å². The molecule has 0 saturated heterocycles. The summed E-state index contributed by atoms with van der Waals surface area (Å²) in [5, 5.41) is 2.97. The van der Waals surface area contributed by atoms with Gasteiger partial charge in [0.25, 0.3) is 0 Å². The average Bonchev–Trinajstić information content (AvgIpc) is 2.16. The highest BCUT2D eigenvalue weighted by atomic mass is 16.6. The Labute approximate surface area is 79.0 Å². The lowest BCUT2D eigenvalue weighted by atomic mass is 9.95. The number of nitrogens with one attached hydrogen (secondary N) is 2. The van der Waals surface area contributed by atoms with E-state index in [4.69, 9.17) is 0 Å². The molecule has 1 fully saturated rings. The highest BCUT2D eigenvalue weighted by Gasteiger charge is 2.14. The van der Waals surface area contributed by atoms with E-state index in [2.05, 4.69) is 15.6 Å². The third-order valence-electron chi connectivity index (χ3n) is 2.35. The molecule has 1 rings (SSSR count). The summed E-state index contributed by atoms with van der Waals surface area (Å²) >= 11 is 0. The van der Waals surface area contributed by atoms with Crippen molar-refractivity contribution >= 4 is 5.91 Å². The molecule has 0 aliphatic heterocycles. The van der Waals surface area contributed by atoms with Gasteiger partial charge in [0, 0.05) is 6.04 Å². The monoisotopic (exact) mass is 186 g/mol. The fourth-order valence-electron chi connectivity index (χ4n) is 1.66. The molecule has 13 heavy (non-hydrogen) atoms. The minimum Gasteiger partial charge on any atom is -0.352 e. The van der Waals surface area contributed by atoms with Crippen molar-refractivity contribution in [3.8, 4) is 0 Å². The van der Waals surface area contributed by atoms with Crippen molar-refractivity contribution in [3.05, 3.63) is 0 Å². The maximum absolute atomic E-state index is 11.2. The van der Waals surface area contributed by atoms with Gasteiger partial charge in [-0.15, -0.1) is 0 Å². The predicted molar refractivity (Wildman–Crippen MR) is 50.0 cm³/mol. The van der Waals surface area contributed by atoms with Crippen LogP contribution in [0.15, 0.2) is 0 Å². The van der Waals surface area contributed by atoms with Crippen LogP contribution in [0.3, 0.4) is 0 Å². The zero-order valence-electron chi connectivity index (χ0n) is 8.14. The van der Waals surface area contributed by atoms with E-state index in [9.17, 15) is 4.79 Å². The van der Waals surface area contributed by atoms with Crippen molar-refractivity contribution in [3.63, 3.8) is 0 Å². The summed E-state index contributed by atoms with van der Waals surface area (Å²) in [6, 6.07) is 0.389. The number of amides is 1. The van der Waals surface area contributed by atoms with Gasteiger partial charge < -0.3 is 10.2 Å². The quantitative estimate of drug-likeness (QED) is 0.632. The molecule has 1 aliphatic carbocycles. The molecule has 0 aromatic rings. The molecule has 1 saturated carbocycles. The summed E-state index contributed by atoms with van der Waals surface area (Å²) in [7, 11) is 1.51. The maximum atomic E-state index is 11.2. The van der Waals surface area contributed by atoms with Crippen molar-refractivity contribution in [2.75, 3.05) is 13.7 Å². The molecule has 0 unspecified atom stereocenters. The highest BCUT2D eigenvalue weighted by Crippen LogP contribution is 2.16. The summed E-state index contributed by atoms with van der Waals surface area (Å²) in [6.07, 6.45) is 6.03. The number of hydrogen-bond acceptors (Lipinski definition) is 3. The Bertz CT molecular complexity index is 156. The first-order valence-electron chi connectivity index (χ1n) is 4.88. The zero-order chi connectivity index (χ0) is 9.52. The molecule has 0 heterocycles. The van der Waals surface area contributed by atoms with Crippen molar-refractivity contribution in [2.45, 2.75) is 38.1 Å². The second-order valence-corrected chi connectivity index (χ2v) is 3.43. The van der Waals surface area contributed by atoms with Crippen molar-refractivity contribution in [2.24, 2.45) is 0 Å². The minimum atomic E-state index is 0.0220. The molecule has 0 radical (unpaired) electrons. The SMILES string of the molecule is CONCC(=O)NC1CCCCC1. The zero-order valence-corrected chi connectivity index (χ0v) is 8.14. The topological polar surface area (TPSA) is 50.4 Å². The average molecular weight is 186 g/mol. The van der Waals surface area contributed by atoms with Gasteiger partial charge in [-0.05, 0) is 12.8 Å². The number of hydroxylamine groups is 1. The van der Waals surface area contributed by atoms with Crippen LogP contribution in [0.2, 0.25) is 0 Å². The van der Waals surface area contributed by atoms with Crippen LogP contribution < -0.4 is 10.8 Å². The molecular weight excluding hydrogens is 168 g/mol. The minimum absolute atomic E-state index is 0.0220. The van der Waals surface area contributed by atoms with Crippen LogP contribution in [0, 0.1) is 0 Å². The van der Waals surface area contributed by atoms with E-state index in [1.54, 1.807) is 0 Å². The molecule has 4 nitrogen and oxygen atoms in total. The fourth-order valence-corrected chi connectivity index (χ4v) is 1.66. The molecular formula is C9H18N2O2. The molecule has 0 aromatic heterocycles. The van der Waals surface area contributed by atoms with Gasteiger partial charge in [-0.2, -0.15) is 5.48 Å². The van der Waals surface area contributed by atoms with E-state index >= 15 is 0 Å². The Morgan fingerprint density at radius 1 is 1.38 bits per heavy atom. The molecule has 0 spiro atoms. The first kappa shape index (κ1) is 10.5. The third kappa shape index (κ3) is 4.24. The van der Waals surface area contributed by atoms with E-state index in [1.165, 1.54) is 26.4 Å². The van der Waals surface area contributed by atoms with Crippen LogP contribution in [-0.2, 0) is 9.63 Å². The number of carbonyl (C=O) groups is 1. The lowest BCUT2D eigenvalue weighted by molar-refractivity contribution is -0.123. The Hall–Kier alpha value is -0.610. The predicted octanol–water partition coefficient (Wildman–Crippen LogP) is 0.586. The van der Waals surface area contributed by atoms with E-state index in [1.807, 2.05) is 0 Å². The van der Waals surface area contributed by atoms with Gasteiger partial charge in [0.05, 0.1) is 13.7 Å².